The number of ketones is 1. The maximum atomic E-state index is 13.3. The molecule has 0 fully saturated rings. The third-order valence-corrected chi connectivity index (χ3v) is 5.91. The molecule has 5 nitrogen and oxygen atoms in total. The van der Waals surface area contributed by atoms with Crippen molar-refractivity contribution in [3.8, 4) is 16.9 Å². The molecule has 156 valence electrons. The number of nitrogens with one attached hydrogen (secondary N) is 1. The number of methoxy groups -OCH3 is 1. The molecule has 0 unspecified atom stereocenters. The first-order chi connectivity index (χ1) is 15.0. The van der Waals surface area contributed by atoms with Crippen LogP contribution in [0, 0.1) is 0 Å². The number of nitrogens with zero attached hydrogens (tertiary/aromatic N) is 1. The summed E-state index contributed by atoms with van der Waals surface area (Å²) in [5.74, 6) is -0.806. The van der Waals surface area contributed by atoms with Crippen LogP contribution in [-0.2, 0) is 4.79 Å². The Hall–Kier alpha value is -3.22. The number of carbonyl (C=O) groups is 2. The fourth-order valence-electron chi connectivity index (χ4n) is 3.41. The normalized spacial score (nSPS) is 10.8. The summed E-state index contributed by atoms with van der Waals surface area (Å²) in [7, 11) is 1.54. The first-order valence-corrected chi connectivity index (χ1v) is 11.1. The van der Waals surface area contributed by atoms with E-state index in [1.165, 1.54) is 0 Å². The lowest BCUT2D eigenvalue weighted by Gasteiger charge is -2.09. The summed E-state index contributed by atoms with van der Waals surface area (Å²) in [5, 5.41) is 3.14. The van der Waals surface area contributed by atoms with Gasteiger partial charge in [-0.1, -0.05) is 29.8 Å². The van der Waals surface area contributed by atoms with Gasteiger partial charge in [0.05, 0.1) is 12.1 Å². The van der Waals surface area contributed by atoms with E-state index in [-0.39, 0.29) is 5.69 Å². The third-order valence-electron chi connectivity index (χ3n) is 4.89. The molecule has 4 rings (SSSR count). The number of hydrogen-bond acceptors (Lipinski definition) is 4. The molecule has 0 aliphatic carbocycles. The van der Waals surface area contributed by atoms with Gasteiger partial charge in [-0.15, -0.1) is 11.8 Å². The monoisotopic (exact) mass is 450 g/mol. The first kappa shape index (κ1) is 21.0. The van der Waals surface area contributed by atoms with Gasteiger partial charge < -0.3 is 14.5 Å². The highest BCUT2D eigenvalue weighted by Crippen LogP contribution is 2.34. The first-order valence-electron chi connectivity index (χ1n) is 9.45. The van der Waals surface area contributed by atoms with E-state index in [1.54, 1.807) is 47.7 Å². The number of pyridine rings is 1. The topological polar surface area (TPSA) is 59.8 Å². The maximum Gasteiger partial charge on any atom is 0.298 e. The minimum atomic E-state index is -0.706. The predicted molar refractivity (Wildman–Crippen MR) is 126 cm³/mol. The van der Waals surface area contributed by atoms with E-state index in [0.29, 0.717) is 22.0 Å². The van der Waals surface area contributed by atoms with Crippen molar-refractivity contribution >= 4 is 46.3 Å². The Morgan fingerprint density at radius 3 is 2.61 bits per heavy atom. The van der Waals surface area contributed by atoms with Crippen LogP contribution in [0.1, 0.15) is 10.5 Å². The SMILES string of the molecule is COc1ccc(-c2cc3ccccn3c2C(=O)C(=O)Nc2cccc(SC)c2)cc1Cl. The van der Waals surface area contributed by atoms with Crippen molar-refractivity contribution in [2.45, 2.75) is 4.90 Å². The summed E-state index contributed by atoms with van der Waals surface area (Å²) >= 11 is 7.87. The zero-order valence-corrected chi connectivity index (χ0v) is 18.5. The van der Waals surface area contributed by atoms with Crippen molar-refractivity contribution in [1.29, 1.82) is 0 Å². The molecule has 0 saturated carbocycles. The Balaban J connectivity index is 1.77. The third kappa shape index (κ3) is 4.17. The average Bonchev–Trinajstić information content (AvgIpc) is 3.18. The van der Waals surface area contributed by atoms with Crippen molar-refractivity contribution in [2.24, 2.45) is 0 Å². The number of aromatic nitrogens is 1. The Morgan fingerprint density at radius 1 is 1.03 bits per heavy atom. The van der Waals surface area contributed by atoms with Crippen LogP contribution >= 0.6 is 23.4 Å². The minimum Gasteiger partial charge on any atom is -0.495 e. The molecule has 0 atom stereocenters. The van der Waals surface area contributed by atoms with E-state index in [4.69, 9.17) is 16.3 Å². The van der Waals surface area contributed by atoms with Crippen molar-refractivity contribution in [2.75, 3.05) is 18.7 Å². The largest absolute Gasteiger partial charge is 0.495 e. The van der Waals surface area contributed by atoms with E-state index in [9.17, 15) is 9.59 Å². The minimum absolute atomic E-state index is 0.273. The van der Waals surface area contributed by atoms with E-state index >= 15 is 0 Å². The van der Waals surface area contributed by atoms with E-state index < -0.39 is 11.7 Å². The van der Waals surface area contributed by atoms with E-state index in [2.05, 4.69) is 5.32 Å². The van der Waals surface area contributed by atoms with Crippen molar-refractivity contribution < 1.29 is 14.3 Å². The van der Waals surface area contributed by atoms with Gasteiger partial charge in [-0.25, -0.2) is 0 Å². The van der Waals surface area contributed by atoms with Crippen LogP contribution in [-0.4, -0.2) is 29.5 Å². The number of Topliss-reactive ketones (excluding diaryl/α,β-unsaturated/α-hetero) is 1. The summed E-state index contributed by atoms with van der Waals surface area (Å²) in [6.07, 6.45) is 3.71. The smallest absolute Gasteiger partial charge is 0.298 e. The quantitative estimate of drug-likeness (QED) is 0.229. The van der Waals surface area contributed by atoms with Gasteiger partial charge >= 0.3 is 0 Å². The van der Waals surface area contributed by atoms with Gasteiger partial charge in [0.15, 0.2) is 0 Å². The molecule has 0 aliphatic heterocycles. The molecule has 1 N–H and O–H groups in total. The second kappa shape index (κ2) is 8.88. The van der Waals surface area contributed by atoms with Crippen LogP contribution in [0.4, 0.5) is 5.69 Å². The Labute approximate surface area is 189 Å². The lowest BCUT2D eigenvalue weighted by Crippen LogP contribution is -2.24. The molecule has 7 heteroatoms. The summed E-state index contributed by atoms with van der Waals surface area (Å²) in [6, 6.07) is 20.1. The Bertz CT molecular complexity index is 1300. The molecular formula is C24H19ClN2O3S. The zero-order valence-electron chi connectivity index (χ0n) is 16.9. The van der Waals surface area contributed by atoms with Gasteiger partial charge in [-0.2, -0.15) is 0 Å². The lowest BCUT2D eigenvalue weighted by molar-refractivity contribution is -0.112. The van der Waals surface area contributed by atoms with Crippen LogP contribution in [0.25, 0.3) is 16.6 Å². The number of carbonyl (C=O) groups excluding carboxylic acids is 2. The molecule has 2 aromatic heterocycles. The molecule has 0 saturated heterocycles. The van der Waals surface area contributed by atoms with Crippen LogP contribution in [0.2, 0.25) is 5.02 Å². The molecule has 1 amide bonds. The molecule has 0 aliphatic rings. The van der Waals surface area contributed by atoms with Crippen molar-refractivity contribution in [1.82, 2.24) is 4.40 Å². The summed E-state index contributed by atoms with van der Waals surface area (Å²) in [5.41, 5.74) is 2.98. The number of ether oxygens (including phenoxy) is 1. The van der Waals surface area contributed by atoms with Gasteiger partial charge in [0.2, 0.25) is 0 Å². The summed E-state index contributed by atoms with van der Waals surface area (Å²) in [6.45, 7) is 0. The molecule has 2 heterocycles. The summed E-state index contributed by atoms with van der Waals surface area (Å²) < 4.78 is 6.94. The number of halogens is 1. The lowest BCUT2D eigenvalue weighted by atomic mass is 10.0. The highest BCUT2D eigenvalue weighted by atomic mass is 35.5. The summed E-state index contributed by atoms with van der Waals surface area (Å²) in [4.78, 5) is 27.2. The van der Waals surface area contributed by atoms with Crippen molar-refractivity contribution in [3.63, 3.8) is 0 Å². The highest BCUT2D eigenvalue weighted by molar-refractivity contribution is 7.98. The second-order valence-electron chi connectivity index (χ2n) is 6.77. The number of benzene rings is 2. The van der Waals surface area contributed by atoms with E-state index in [1.807, 2.05) is 54.8 Å². The molecule has 2 aromatic carbocycles. The second-order valence-corrected chi connectivity index (χ2v) is 8.05. The molecule has 0 spiro atoms. The molecule has 0 bridgehead atoms. The fourth-order valence-corrected chi connectivity index (χ4v) is 4.12. The predicted octanol–water partition coefficient (Wildman–Crippen LogP) is 5.81. The van der Waals surface area contributed by atoms with Crippen molar-refractivity contribution in [3.05, 3.63) is 83.6 Å². The number of thioether (sulfide) groups is 1. The average molecular weight is 451 g/mol. The van der Waals surface area contributed by atoms with Gasteiger partial charge in [-0.3, -0.25) is 9.59 Å². The number of anilines is 1. The number of fused-ring (bicyclic) bond motifs is 1. The fraction of sp³-hybridized carbons (Fsp3) is 0.0833. The number of rotatable bonds is 6. The zero-order chi connectivity index (χ0) is 22.0. The van der Waals surface area contributed by atoms with Gasteiger partial charge in [0.25, 0.3) is 11.7 Å². The van der Waals surface area contributed by atoms with Gasteiger partial charge in [-0.05, 0) is 60.4 Å². The molecule has 4 aromatic rings. The Kier molecular flexibility index (Phi) is 6.02. The Morgan fingerprint density at radius 2 is 1.87 bits per heavy atom. The van der Waals surface area contributed by atoms with Crippen LogP contribution < -0.4 is 10.1 Å². The van der Waals surface area contributed by atoms with E-state index in [0.717, 1.165) is 16.0 Å². The van der Waals surface area contributed by atoms with Gasteiger partial charge in [0.1, 0.15) is 11.4 Å². The number of hydrogen-bond donors (Lipinski definition) is 1. The van der Waals surface area contributed by atoms with Crippen LogP contribution in [0.5, 0.6) is 5.75 Å². The van der Waals surface area contributed by atoms with Crippen LogP contribution in [0.15, 0.2) is 77.8 Å². The highest BCUT2D eigenvalue weighted by Gasteiger charge is 2.25. The number of amides is 1. The molecule has 0 radical (unpaired) electrons. The molecular weight excluding hydrogens is 432 g/mol. The van der Waals surface area contributed by atoms with Gasteiger partial charge in [0, 0.05) is 27.9 Å². The molecule has 31 heavy (non-hydrogen) atoms. The van der Waals surface area contributed by atoms with Crippen LogP contribution in [0.3, 0.4) is 0 Å². The standard InChI is InChI=1S/C24H19ClN2O3S/c1-30-21-10-9-15(12-20(21)25)19-14-17-7-3-4-11-27(17)22(19)23(28)24(29)26-16-6-5-8-18(13-16)31-2/h3-14H,1-2H3,(H,26,29). The maximum absolute atomic E-state index is 13.3.